The normalized spacial score (nSPS) is 28.5. The van der Waals surface area contributed by atoms with Crippen LogP contribution in [0.1, 0.15) is 0 Å². The van der Waals surface area contributed by atoms with Crippen LogP contribution >= 0.6 is 11.8 Å². The van der Waals surface area contributed by atoms with Gasteiger partial charge in [-0.25, -0.2) is 5.43 Å². The molecule has 2 fully saturated rings. The number of para-hydroxylation sites is 1. The fourth-order valence-electron chi connectivity index (χ4n) is 2.54. The zero-order valence-corrected chi connectivity index (χ0v) is 12.1. The lowest BCUT2D eigenvalue weighted by Gasteiger charge is -2.41. The zero-order chi connectivity index (χ0) is 14.8. The van der Waals surface area contributed by atoms with E-state index in [0.717, 1.165) is 5.69 Å². The van der Waals surface area contributed by atoms with Crippen LogP contribution in [-0.4, -0.2) is 35.8 Å². The molecule has 1 aromatic carbocycles. The second-order valence-corrected chi connectivity index (χ2v) is 6.02. The first-order valence-electron chi connectivity index (χ1n) is 6.69. The van der Waals surface area contributed by atoms with Gasteiger partial charge in [-0.3, -0.25) is 25.2 Å². The second-order valence-electron chi connectivity index (χ2n) is 4.95. The molecule has 0 radical (unpaired) electrons. The molecule has 2 aliphatic rings. The minimum Gasteiger partial charge on any atom is -0.369 e. The van der Waals surface area contributed by atoms with Gasteiger partial charge in [0.25, 0.3) is 0 Å². The van der Waals surface area contributed by atoms with Crippen LogP contribution in [0.25, 0.3) is 0 Å². The molecule has 2 saturated heterocycles. The van der Waals surface area contributed by atoms with Gasteiger partial charge >= 0.3 is 0 Å². The maximum Gasteiger partial charge on any atom is 0.236 e. The van der Waals surface area contributed by atoms with Crippen molar-refractivity contribution in [2.45, 2.75) is 11.7 Å². The molecule has 0 spiro atoms. The number of primary amides is 1. The molecule has 5 N–H and O–H groups in total. The second kappa shape index (κ2) is 6.02. The average Bonchev–Trinajstić information content (AvgIpc) is 2.95. The summed E-state index contributed by atoms with van der Waals surface area (Å²) in [5, 5.41) is 3.34. The number of hydrazine groups is 1. The number of anilines is 1. The van der Waals surface area contributed by atoms with Crippen molar-refractivity contribution in [1.29, 1.82) is 0 Å². The van der Waals surface area contributed by atoms with Gasteiger partial charge in [-0.2, -0.15) is 0 Å². The predicted octanol–water partition coefficient (Wildman–Crippen LogP) is -0.825. The molecule has 112 valence electrons. The quantitative estimate of drug-likeness (QED) is 0.580. The lowest BCUT2D eigenvalue weighted by molar-refractivity contribution is -0.124. The summed E-state index contributed by atoms with van der Waals surface area (Å²) in [5.74, 6) is -0.388. The molecule has 3 rings (SSSR count). The summed E-state index contributed by atoms with van der Waals surface area (Å²) in [6.07, 6.45) is -0.136. The standard InChI is InChI=1S/C13H17N5O2S/c14-10(19)7-21-13-16-11-9(6-15-17-11)12(20)18(13)8-4-2-1-3-5-8/h1-5,9,11,13,15-17H,6-7H2,(H2,14,19). The summed E-state index contributed by atoms with van der Waals surface area (Å²) < 4.78 is 0. The van der Waals surface area contributed by atoms with Gasteiger partial charge in [0.1, 0.15) is 5.50 Å². The third-order valence-electron chi connectivity index (χ3n) is 3.51. The van der Waals surface area contributed by atoms with E-state index < -0.39 is 5.91 Å². The molecule has 2 heterocycles. The molecule has 0 aliphatic carbocycles. The van der Waals surface area contributed by atoms with E-state index in [1.54, 1.807) is 4.90 Å². The number of fused-ring (bicyclic) bond motifs is 1. The Morgan fingerprint density at radius 3 is 2.86 bits per heavy atom. The van der Waals surface area contributed by atoms with Crippen molar-refractivity contribution in [3.8, 4) is 0 Å². The predicted molar refractivity (Wildman–Crippen MR) is 80.9 cm³/mol. The van der Waals surface area contributed by atoms with E-state index in [-0.39, 0.29) is 29.2 Å². The maximum atomic E-state index is 12.7. The van der Waals surface area contributed by atoms with Gasteiger partial charge in [-0.15, -0.1) is 11.8 Å². The number of rotatable bonds is 4. The van der Waals surface area contributed by atoms with Crippen LogP contribution < -0.4 is 26.8 Å². The molecule has 7 nitrogen and oxygen atoms in total. The third-order valence-corrected chi connectivity index (χ3v) is 4.62. The van der Waals surface area contributed by atoms with Crippen molar-refractivity contribution in [3.63, 3.8) is 0 Å². The highest BCUT2D eigenvalue weighted by Gasteiger charge is 2.44. The molecule has 0 aromatic heterocycles. The summed E-state index contributed by atoms with van der Waals surface area (Å²) in [7, 11) is 0. The summed E-state index contributed by atoms with van der Waals surface area (Å²) >= 11 is 1.31. The van der Waals surface area contributed by atoms with Gasteiger partial charge in [0.15, 0.2) is 0 Å². The van der Waals surface area contributed by atoms with Crippen molar-refractivity contribution in [1.82, 2.24) is 16.2 Å². The lowest BCUT2D eigenvalue weighted by atomic mass is 10.0. The third kappa shape index (κ3) is 2.88. The highest BCUT2D eigenvalue weighted by Crippen LogP contribution is 2.29. The molecule has 3 atom stereocenters. The van der Waals surface area contributed by atoms with Crippen LogP contribution in [0, 0.1) is 5.92 Å². The first-order chi connectivity index (χ1) is 10.2. The topological polar surface area (TPSA) is 99.5 Å². The Morgan fingerprint density at radius 2 is 2.14 bits per heavy atom. The number of carbonyl (C=O) groups is 2. The Bertz CT molecular complexity index is 541. The first kappa shape index (κ1) is 14.3. The fourth-order valence-corrected chi connectivity index (χ4v) is 3.48. The Hall–Kier alpha value is -1.61. The van der Waals surface area contributed by atoms with E-state index in [1.807, 2.05) is 30.3 Å². The average molecular weight is 307 g/mol. The zero-order valence-electron chi connectivity index (χ0n) is 11.3. The molecule has 3 unspecified atom stereocenters. The van der Waals surface area contributed by atoms with Gasteiger partial charge in [-0.1, -0.05) is 18.2 Å². The number of hydrogen-bond acceptors (Lipinski definition) is 6. The number of hydrogen-bond donors (Lipinski definition) is 4. The highest BCUT2D eigenvalue weighted by atomic mass is 32.2. The number of nitrogens with zero attached hydrogens (tertiary/aromatic N) is 1. The molecule has 8 heteroatoms. The molecule has 21 heavy (non-hydrogen) atoms. The van der Waals surface area contributed by atoms with Crippen LogP contribution in [0.2, 0.25) is 0 Å². The number of carbonyl (C=O) groups excluding carboxylic acids is 2. The van der Waals surface area contributed by atoms with Crippen molar-refractivity contribution >= 4 is 29.3 Å². The smallest absolute Gasteiger partial charge is 0.236 e. The summed E-state index contributed by atoms with van der Waals surface area (Å²) in [6.45, 7) is 0.576. The minimum atomic E-state index is -0.401. The Morgan fingerprint density at radius 1 is 1.38 bits per heavy atom. The Balaban J connectivity index is 1.86. The molecule has 0 saturated carbocycles. The van der Waals surface area contributed by atoms with E-state index >= 15 is 0 Å². The summed E-state index contributed by atoms with van der Waals surface area (Å²) in [5.41, 5.74) is 11.7. The van der Waals surface area contributed by atoms with Crippen LogP contribution in [0.15, 0.2) is 30.3 Å². The Kier molecular flexibility index (Phi) is 4.11. The fraction of sp³-hybridized carbons (Fsp3) is 0.385. The van der Waals surface area contributed by atoms with Crippen LogP contribution in [0.3, 0.4) is 0 Å². The molecular formula is C13H17N5O2S. The molecule has 2 aliphatic heterocycles. The lowest BCUT2D eigenvalue weighted by Crippen LogP contribution is -2.64. The van der Waals surface area contributed by atoms with Crippen LogP contribution in [-0.2, 0) is 9.59 Å². The van der Waals surface area contributed by atoms with Crippen molar-refractivity contribution in [3.05, 3.63) is 30.3 Å². The highest BCUT2D eigenvalue weighted by molar-refractivity contribution is 8.00. The van der Waals surface area contributed by atoms with Crippen molar-refractivity contribution in [2.75, 3.05) is 17.2 Å². The molecule has 1 aromatic rings. The number of thioether (sulfide) groups is 1. The van der Waals surface area contributed by atoms with E-state index in [9.17, 15) is 9.59 Å². The maximum absolute atomic E-state index is 12.7. The monoisotopic (exact) mass is 307 g/mol. The molecule has 0 bridgehead atoms. The van der Waals surface area contributed by atoms with E-state index in [4.69, 9.17) is 5.73 Å². The SMILES string of the molecule is NC(=O)CSC1NC2NNCC2C(=O)N1c1ccccc1. The van der Waals surface area contributed by atoms with E-state index in [2.05, 4.69) is 16.2 Å². The summed E-state index contributed by atoms with van der Waals surface area (Å²) in [6, 6.07) is 9.44. The van der Waals surface area contributed by atoms with Gasteiger partial charge in [0.2, 0.25) is 11.8 Å². The number of nitrogens with two attached hydrogens (primary N) is 1. The van der Waals surface area contributed by atoms with Gasteiger partial charge in [0.05, 0.1) is 17.8 Å². The molecular weight excluding hydrogens is 290 g/mol. The first-order valence-corrected chi connectivity index (χ1v) is 7.74. The summed E-state index contributed by atoms with van der Waals surface area (Å²) in [4.78, 5) is 25.5. The van der Waals surface area contributed by atoms with Crippen molar-refractivity contribution < 1.29 is 9.59 Å². The van der Waals surface area contributed by atoms with E-state index in [0.29, 0.717) is 6.54 Å². The minimum absolute atomic E-state index is 0.0319. The number of benzene rings is 1. The van der Waals surface area contributed by atoms with Crippen molar-refractivity contribution in [2.24, 2.45) is 11.7 Å². The Labute approximate surface area is 126 Å². The molecule has 2 amide bonds. The van der Waals surface area contributed by atoms with Gasteiger partial charge in [0, 0.05) is 12.2 Å². The van der Waals surface area contributed by atoms with E-state index in [1.165, 1.54) is 11.8 Å². The van der Waals surface area contributed by atoms with Gasteiger partial charge < -0.3 is 5.73 Å². The van der Waals surface area contributed by atoms with Crippen LogP contribution in [0.5, 0.6) is 0 Å². The number of nitrogens with one attached hydrogen (secondary N) is 3. The van der Waals surface area contributed by atoms with Gasteiger partial charge in [-0.05, 0) is 12.1 Å². The van der Waals surface area contributed by atoms with Crippen LogP contribution in [0.4, 0.5) is 5.69 Å². The number of amides is 2. The largest absolute Gasteiger partial charge is 0.369 e.